The molecule has 0 atom stereocenters. The van der Waals surface area contributed by atoms with Crippen molar-refractivity contribution in [2.45, 2.75) is 12.8 Å². The van der Waals surface area contributed by atoms with Crippen LogP contribution in [0.5, 0.6) is 0 Å². The van der Waals surface area contributed by atoms with Crippen LogP contribution < -0.4 is 5.32 Å². The molecular formula is C16H17NO2. The van der Waals surface area contributed by atoms with Crippen molar-refractivity contribution < 1.29 is 9.90 Å². The summed E-state index contributed by atoms with van der Waals surface area (Å²) in [6, 6.07) is 9.23. The highest BCUT2D eigenvalue weighted by Gasteiger charge is 1.94. The number of hydrogen-bond acceptors (Lipinski definition) is 2. The van der Waals surface area contributed by atoms with Gasteiger partial charge in [-0.3, -0.25) is 4.79 Å². The molecule has 0 aromatic heterocycles. The van der Waals surface area contributed by atoms with Gasteiger partial charge in [0.25, 0.3) is 5.91 Å². The quantitative estimate of drug-likeness (QED) is 0.482. The Morgan fingerprint density at radius 3 is 2.68 bits per heavy atom. The molecule has 98 valence electrons. The van der Waals surface area contributed by atoms with Crippen LogP contribution >= 0.6 is 0 Å². The number of amides is 1. The van der Waals surface area contributed by atoms with Gasteiger partial charge >= 0.3 is 0 Å². The number of allylic oxidation sites excluding steroid dienone is 3. The summed E-state index contributed by atoms with van der Waals surface area (Å²) < 4.78 is 0. The van der Waals surface area contributed by atoms with Gasteiger partial charge in [-0.1, -0.05) is 48.4 Å². The molecule has 1 aromatic rings. The summed E-state index contributed by atoms with van der Waals surface area (Å²) in [5.74, 6) is 5.05. The van der Waals surface area contributed by atoms with Gasteiger partial charge in [-0.25, -0.2) is 0 Å². The van der Waals surface area contributed by atoms with E-state index in [1.54, 1.807) is 12.2 Å². The second-order valence-electron chi connectivity index (χ2n) is 3.70. The molecule has 0 fully saturated rings. The average molecular weight is 255 g/mol. The third-order valence-corrected chi connectivity index (χ3v) is 2.16. The fourth-order valence-corrected chi connectivity index (χ4v) is 1.30. The van der Waals surface area contributed by atoms with Gasteiger partial charge < -0.3 is 10.4 Å². The highest BCUT2D eigenvalue weighted by molar-refractivity contribution is 6.03. The van der Waals surface area contributed by atoms with Crippen molar-refractivity contribution in [3.05, 3.63) is 54.6 Å². The van der Waals surface area contributed by atoms with Crippen molar-refractivity contribution in [3.8, 4) is 11.8 Å². The third-order valence-electron chi connectivity index (χ3n) is 2.16. The van der Waals surface area contributed by atoms with Crippen molar-refractivity contribution in [3.63, 3.8) is 0 Å². The standard InChI is InChI=1S/C16H17NO2/c18-14-10-5-3-1-2-4-9-13-16(19)17-15-11-7-6-8-12-15/h1,3,5-8,10-12,18H,2,4,14H2,(H,17,19)/b3-1+,10-5+. The Morgan fingerprint density at radius 2 is 1.95 bits per heavy atom. The molecule has 0 aliphatic heterocycles. The van der Waals surface area contributed by atoms with E-state index < -0.39 is 0 Å². The second-order valence-corrected chi connectivity index (χ2v) is 3.70. The predicted octanol–water partition coefficient (Wildman–Crippen LogP) is 2.51. The largest absolute Gasteiger partial charge is 0.392 e. The molecule has 0 saturated carbocycles. The summed E-state index contributed by atoms with van der Waals surface area (Å²) >= 11 is 0. The van der Waals surface area contributed by atoms with Gasteiger partial charge in [0, 0.05) is 12.1 Å². The van der Waals surface area contributed by atoms with E-state index in [9.17, 15) is 4.79 Å². The fourth-order valence-electron chi connectivity index (χ4n) is 1.30. The highest BCUT2D eigenvalue weighted by Crippen LogP contribution is 2.03. The fraction of sp³-hybridized carbons (Fsp3) is 0.188. The van der Waals surface area contributed by atoms with Gasteiger partial charge in [0.05, 0.1) is 6.61 Å². The second kappa shape index (κ2) is 9.69. The van der Waals surface area contributed by atoms with E-state index in [2.05, 4.69) is 17.2 Å². The topological polar surface area (TPSA) is 49.3 Å². The third kappa shape index (κ3) is 7.58. The van der Waals surface area contributed by atoms with E-state index in [0.29, 0.717) is 6.42 Å². The molecular weight excluding hydrogens is 238 g/mol. The number of aliphatic hydroxyl groups is 1. The Bertz CT molecular complexity index is 492. The van der Waals surface area contributed by atoms with Crippen LogP contribution in [-0.2, 0) is 4.79 Å². The molecule has 0 radical (unpaired) electrons. The minimum atomic E-state index is -0.296. The van der Waals surface area contributed by atoms with Gasteiger partial charge in [-0.2, -0.15) is 0 Å². The number of hydrogen-bond donors (Lipinski definition) is 2. The van der Waals surface area contributed by atoms with Gasteiger partial charge in [0.1, 0.15) is 0 Å². The number of aliphatic hydroxyl groups excluding tert-OH is 1. The van der Waals surface area contributed by atoms with Gasteiger partial charge in [0.2, 0.25) is 0 Å². The Hall–Kier alpha value is -2.31. The molecule has 0 aliphatic carbocycles. The zero-order valence-electron chi connectivity index (χ0n) is 10.7. The van der Waals surface area contributed by atoms with E-state index >= 15 is 0 Å². The Kier molecular flexibility index (Phi) is 7.52. The molecule has 0 saturated heterocycles. The van der Waals surface area contributed by atoms with Crippen LogP contribution in [0.3, 0.4) is 0 Å². The predicted molar refractivity (Wildman–Crippen MR) is 77.4 cm³/mol. The number of benzene rings is 1. The first-order valence-corrected chi connectivity index (χ1v) is 6.10. The molecule has 1 aromatic carbocycles. The van der Waals surface area contributed by atoms with E-state index in [4.69, 9.17) is 5.11 Å². The molecule has 2 N–H and O–H groups in total. The number of unbranched alkanes of at least 4 members (excludes halogenated alkanes) is 1. The normalized spacial score (nSPS) is 10.4. The number of para-hydroxylation sites is 1. The lowest BCUT2D eigenvalue weighted by atomic mass is 10.3. The average Bonchev–Trinajstić information content (AvgIpc) is 2.43. The molecule has 19 heavy (non-hydrogen) atoms. The molecule has 3 nitrogen and oxygen atoms in total. The van der Waals surface area contributed by atoms with Crippen LogP contribution in [0.2, 0.25) is 0 Å². The molecule has 1 amide bonds. The SMILES string of the molecule is O=C(C#CCC/C=C/C=C/CO)Nc1ccccc1. The van der Waals surface area contributed by atoms with E-state index in [1.165, 1.54) is 0 Å². The lowest BCUT2D eigenvalue weighted by molar-refractivity contribution is -0.111. The Labute approximate surface area is 113 Å². The van der Waals surface area contributed by atoms with Crippen LogP contribution in [0.25, 0.3) is 0 Å². The molecule has 0 spiro atoms. The number of carbonyl (C=O) groups is 1. The minimum absolute atomic E-state index is 0.0454. The number of carbonyl (C=O) groups excluding carboxylic acids is 1. The van der Waals surface area contributed by atoms with Gasteiger partial charge in [0.15, 0.2) is 0 Å². The van der Waals surface area contributed by atoms with Gasteiger partial charge in [-0.05, 0) is 24.5 Å². The molecule has 0 unspecified atom stereocenters. The van der Waals surface area contributed by atoms with E-state index in [-0.39, 0.29) is 12.5 Å². The minimum Gasteiger partial charge on any atom is -0.392 e. The van der Waals surface area contributed by atoms with Crippen LogP contribution in [-0.4, -0.2) is 17.6 Å². The highest BCUT2D eigenvalue weighted by atomic mass is 16.2. The summed E-state index contributed by atoms with van der Waals surface area (Å²) in [7, 11) is 0. The summed E-state index contributed by atoms with van der Waals surface area (Å²) in [6.45, 7) is 0.0454. The maximum atomic E-state index is 11.4. The van der Waals surface area contributed by atoms with E-state index in [0.717, 1.165) is 12.1 Å². The number of rotatable bonds is 5. The molecule has 0 aliphatic rings. The summed E-state index contributed by atoms with van der Waals surface area (Å²) in [4.78, 5) is 11.4. The zero-order chi connectivity index (χ0) is 13.8. The van der Waals surface area contributed by atoms with Crippen LogP contribution in [0, 0.1) is 11.8 Å². The van der Waals surface area contributed by atoms with Gasteiger partial charge in [-0.15, -0.1) is 0 Å². The Morgan fingerprint density at radius 1 is 1.21 bits per heavy atom. The lowest BCUT2D eigenvalue weighted by Crippen LogP contribution is -2.07. The first-order valence-electron chi connectivity index (χ1n) is 6.10. The van der Waals surface area contributed by atoms with Crippen molar-refractivity contribution in [1.29, 1.82) is 0 Å². The van der Waals surface area contributed by atoms with Crippen molar-refractivity contribution in [2.24, 2.45) is 0 Å². The van der Waals surface area contributed by atoms with Crippen LogP contribution in [0.15, 0.2) is 54.6 Å². The first-order chi connectivity index (χ1) is 9.33. The summed E-state index contributed by atoms with van der Waals surface area (Å²) in [5.41, 5.74) is 0.746. The molecule has 3 heteroatoms. The maximum absolute atomic E-state index is 11.4. The first kappa shape index (κ1) is 14.7. The number of nitrogens with one attached hydrogen (secondary N) is 1. The number of anilines is 1. The van der Waals surface area contributed by atoms with Crippen LogP contribution in [0.4, 0.5) is 5.69 Å². The maximum Gasteiger partial charge on any atom is 0.300 e. The Balaban J connectivity index is 2.24. The summed E-state index contributed by atoms with van der Waals surface area (Å²) in [5, 5.41) is 11.2. The lowest BCUT2D eigenvalue weighted by Gasteiger charge is -1.98. The molecule has 1 rings (SSSR count). The smallest absolute Gasteiger partial charge is 0.300 e. The van der Waals surface area contributed by atoms with Crippen molar-refractivity contribution >= 4 is 11.6 Å². The molecule has 0 heterocycles. The van der Waals surface area contributed by atoms with E-state index in [1.807, 2.05) is 42.5 Å². The zero-order valence-corrected chi connectivity index (χ0v) is 10.7. The monoisotopic (exact) mass is 255 g/mol. The molecule has 0 bridgehead atoms. The van der Waals surface area contributed by atoms with Crippen molar-refractivity contribution in [2.75, 3.05) is 11.9 Å². The van der Waals surface area contributed by atoms with Crippen LogP contribution in [0.1, 0.15) is 12.8 Å². The summed E-state index contributed by atoms with van der Waals surface area (Å²) in [6.07, 6.45) is 8.62. The van der Waals surface area contributed by atoms with Crippen molar-refractivity contribution in [1.82, 2.24) is 0 Å².